The lowest BCUT2D eigenvalue weighted by Gasteiger charge is -2.18. The lowest BCUT2D eigenvalue weighted by atomic mass is 10.2. The molecule has 33 heavy (non-hydrogen) atoms. The number of aromatic nitrogens is 6. The SMILES string of the molecule is CCN(CC)S(=O)(=O)c1cccc(-c2nnc(SCn3nnc4ccccc4c3=O)n2C)c1. The number of hydrogen-bond acceptors (Lipinski definition) is 8. The van der Waals surface area contributed by atoms with Crippen LogP contribution in [0.15, 0.2) is 63.4 Å². The molecule has 12 heteroatoms. The molecule has 0 atom stereocenters. The summed E-state index contributed by atoms with van der Waals surface area (Å²) in [4.78, 5) is 12.8. The number of hydrogen-bond donors (Lipinski definition) is 0. The number of rotatable bonds is 8. The second kappa shape index (κ2) is 9.41. The summed E-state index contributed by atoms with van der Waals surface area (Å²) in [5.41, 5.74) is 0.946. The second-order valence-electron chi connectivity index (χ2n) is 7.17. The zero-order valence-electron chi connectivity index (χ0n) is 18.4. The van der Waals surface area contributed by atoms with Gasteiger partial charge in [-0.3, -0.25) is 4.79 Å². The van der Waals surface area contributed by atoms with E-state index in [9.17, 15) is 13.2 Å². The van der Waals surface area contributed by atoms with Crippen LogP contribution in [0.5, 0.6) is 0 Å². The summed E-state index contributed by atoms with van der Waals surface area (Å²) in [5, 5.41) is 17.6. The summed E-state index contributed by atoms with van der Waals surface area (Å²) in [6.45, 7) is 4.40. The highest BCUT2D eigenvalue weighted by Crippen LogP contribution is 2.26. The van der Waals surface area contributed by atoms with Crippen molar-refractivity contribution < 1.29 is 8.42 Å². The number of nitrogens with zero attached hydrogens (tertiary/aromatic N) is 7. The predicted octanol–water partition coefficient (Wildman–Crippen LogP) is 2.37. The average Bonchev–Trinajstić information content (AvgIpc) is 3.19. The zero-order valence-corrected chi connectivity index (χ0v) is 20.0. The van der Waals surface area contributed by atoms with Gasteiger partial charge in [0.1, 0.15) is 5.52 Å². The van der Waals surface area contributed by atoms with E-state index in [1.54, 1.807) is 60.1 Å². The summed E-state index contributed by atoms with van der Waals surface area (Å²) in [6, 6.07) is 13.7. The van der Waals surface area contributed by atoms with Crippen LogP contribution >= 0.6 is 11.8 Å². The highest BCUT2D eigenvalue weighted by atomic mass is 32.2. The van der Waals surface area contributed by atoms with E-state index in [0.717, 1.165) is 0 Å². The molecule has 2 aromatic heterocycles. The molecule has 2 heterocycles. The molecule has 0 saturated carbocycles. The third-order valence-electron chi connectivity index (χ3n) is 5.22. The minimum atomic E-state index is -3.59. The van der Waals surface area contributed by atoms with E-state index < -0.39 is 10.0 Å². The summed E-state index contributed by atoms with van der Waals surface area (Å²) in [7, 11) is -1.80. The standard InChI is InChI=1S/C21H23N7O3S2/c1-4-27(5-2)33(30,31)16-10-8-9-15(13-16)19-23-24-21(26(19)3)32-14-28-20(29)17-11-6-7-12-18(17)22-25-28/h6-13H,4-5,14H2,1-3H3. The highest BCUT2D eigenvalue weighted by molar-refractivity contribution is 7.98. The first-order valence-corrected chi connectivity index (χ1v) is 12.7. The van der Waals surface area contributed by atoms with E-state index >= 15 is 0 Å². The molecule has 0 spiro atoms. The molecule has 4 aromatic rings. The van der Waals surface area contributed by atoms with Gasteiger partial charge in [-0.15, -0.1) is 15.3 Å². The van der Waals surface area contributed by atoms with E-state index in [1.807, 2.05) is 13.8 Å². The van der Waals surface area contributed by atoms with Gasteiger partial charge in [0.05, 0.1) is 16.2 Å². The van der Waals surface area contributed by atoms with E-state index in [2.05, 4.69) is 20.5 Å². The Bertz CT molecular complexity index is 1460. The number of thioether (sulfide) groups is 1. The van der Waals surface area contributed by atoms with Crippen LogP contribution < -0.4 is 5.56 Å². The maximum atomic E-state index is 12.9. The number of sulfonamides is 1. The van der Waals surface area contributed by atoms with Crippen molar-refractivity contribution in [2.45, 2.75) is 29.8 Å². The molecule has 2 aromatic carbocycles. The van der Waals surface area contributed by atoms with Gasteiger partial charge in [0.2, 0.25) is 10.0 Å². The van der Waals surface area contributed by atoms with Crippen LogP contribution in [0, 0.1) is 0 Å². The van der Waals surface area contributed by atoms with Gasteiger partial charge in [-0.2, -0.15) is 8.99 Å². The lowest BCUT2D eigenvalue weighted by molar-refractivity contribution is 0.445. The maximum Gasteiger partial charge on any atom is 0.278 e. The smallest absolute Gasteiger partial charge is 0.278 e. The molecule has 0 N–H and O–H groups in total. The van der Waals surface area contributed by atoms with Crippen LogP contribution in [0.1, 0.15) is 13.8 Å². The molecule has 0 radical (unpaired) electrons. The van der Waals surface area contributed by atoms with Crippen molar-refractivity contribution in [2.75, 3.05) is 13.1 Å². The van der Waals surface area contributed by atoms with E-state index in [1.165, 1.54) is 20.7 Å². The van der Waals surface area contributed by atoms with Crippen molar-refractivity contribution in [3.8, 4) is 11.4 Å². The van der Waals surface area contributed by atoms with Crippen molar-refractivity contribution in [1.29, 1.82) is 0 Å². The molecule has 0 aliphatic carbocycles. The Kier molecular flexibility index (Phi) is 6.58. The lowest BCUT2D eigenvalue weighted by Crippen LogP contribution is -2.30. The van der Waals surface area contributed by atoms with Crippen molar-refractivity contribution in [1.82, 2.24) is 34.1 Å². The van der Waals surface area contributed by atoms with Crippen molar-refractivity contribution in [2.24, 2.45) is 7.05 Å². The monoisotopic (exact) mass is 485 g/mol. The maximum absolute atomic E-state index is 12.9. The fourth-order valence-corrected chi connectivity index (χ4v) is 5.72. The Morgan fingerprint density at radius 2 is 1.76 bits per heavy atom. The fraction of sp³-hybridized carbons (Fsp3) is 0.286. The topological polar surface area (TPSA) is 116 Å². The van der Waals surface area contributed by atoms with Gasteiger partial charge in [0, 0.05) is 25.7 Å². The van der Waals surface area contributed by atoms with Crippen LogP contribution in [-0.2, 0) is 22.9 Å². The molecule has 0 saturated heterocycles. The molecule has 0 amide bonds. The third-order valence-corrected chi connectivity index (χ3v) is 8.25. The van der Waals surface area contributed by atoms with Gasteiger partial charge >= 0.3 is 0 Å². The van der Waals surface area contributed by atoms with Crippen LogP contribution in [0.2, 0.25) is 0 Å². The van der Waals surface area contributed by atoms with Gasteiger partial charge in [0.25, 0.3) is 5.56 Å². The van der Waals surface area contributed by atoms with Crippen molar-refractivity contribution in [3.05, 3.63) is 58.9 Å². The van der Waals surface area contributed by atoms with Gasteiger partial charge in [-0.05, 0) is 24.3 Å². The Balaban J connectivity index is 1.59. The van der Waals surface area contributed by atoms with E-state index in [0.29, 0.717) is 40.5 Å². The molecular weight excluding hydrogens is 462 g/mol. The quantitative estimate of drug-likeness (QED) is 0.349. The first-order valence-electron chi connectivity index (χ1n) is 10.3. The van der Waals surface area contributed by atoms with Gasteiger partial charge < -0.3 is 4.57 Å². The molecule has 0 bridgehead atoms. The van der Waals surface area contributed by atoms with Crippen LogP contribution in [0.3, 0.4) is 0 Å². The van der Waals surface area contributed by atoms with Crippen LogP contribution in [0.25, 0.3) is 22.3 Å². The Hall–Kier alpha value is -3.09. The largest absolute Gasteiger partial charge is 0.305 e. The van der Waals surface area contributed by atoms with Gasteiger partial charge in [0.15, 0.2) is 11.0 Å². The van der Waals surface area contributed by atoms with Crippen LogP contribution in [0.4, 0.5) is 0 Å². The molecule has 10 nitrogen and oxygen atoms in total. The predicted molar refractivity (Wildman–Crippen MR) is 126 cm³/mol. The average molecular weight is 486 g/mol. The minimum absolute atomic E-state index is 0.207. The third kappa shape index (κ3) is 4.41. The van der Waals surface area contributed by atoms with E-state index in [-0.39, 0.29) is 16.3 Å². The number of benzene rings is 2. The first-order chi connectivity index (χ1) is 15.9. The Labute approximate surface area is 195 Å². The molecule has 172 valence electrons. The zero-order chi connectivity index (χ0) is 23.6. The second-order valence-corrected chi connectivity index (χ2v) is 10.0. The molecule has 0 aliphatic heterocycles. The normalized spacial score (nSPS) is 12.0. The van der Waals surface area contributed by atoms with E-state index in [4.69, 9.17) is 0 Å². The minimum Gasteiger partial charge on any atom is -0.305 e. The summed E-state index contributed by atoms with van der Waals surface area (Å²) in [5.74, 6) is 0.727. The van der Waals surface area contributed by atoms with Crippen LogP contribution in [-0.4, -0.2) is 55.6 Å². The van der Waals surface area contributed by atoms with Crippen molar-refractivity contribution in [3.63, 3.8) is 0 Å². The molecule has 0 unspecified atom stereocenters. The summed E-state index contributed by atoms with van der Waals surface area (Å²) in [6.07, 6.45) is 0. The summed E-state index contributed by atoms with van der Waals surface area (Å²) >= 11 is 1.28. The van der Waals surface area contributed by atoms with Gasteiger partial charge in [-0.25, -0.2) is 8.42 Å². The fourth-order valence-electron chi connectivity index (χ4n) is 3.43. The summed E-state index contributed by atoms with van der Waals surface area (Å²) < 4.78 is 30.2. The Morgan fingerprint density at radius 1 is 1.00 bits per heavy atom. The van der Waals surface area contributed by atoms with Gasteiger partial charge in [-0.1, -0.05) is 55.1 Å². The molecule has 0 aliphatic rings. The first kappa shape index (κ1) is 23.1. The Morgan fingerprint density at radius 3 is 2.52 bits per heavy atom. The van der Waals surface area contributed by atoms with Crippen molar-refractivity contribution >= 4 is 32.7 Å². The number of fused-ring (bicyclic) bond motifs is 1. The molecule has 0 fully saturated rings. The highest BCUT2D eigenvalue weighted by Gasteiger charge is 2.23. The molecule has 4 rings (SSSR count). The molecular formula is C21H23N7O3S2.